The van der Waals surface area contributed by atoms with E-state index in [1.54, 1.807) is 25.3 Å². The summed E-state index contributed by atoms with van der Waals surface area (Å²) in [5.41, 5.74) is -0.110. The Kier molecular flexibility index (Phi) is 2.40. The summed E-state index contributed by atoms with van der Waals surface area (Å²) in [6, 6.07) is 8.09. The number of phenols is 1. The third kappa shape index (κ3) is 1.65. The van der Waals surface area contributed by atoms with Crippen LogP contribution in [0.3, 0.4) is 0 Å². The van der Waals surface area contributed by atoms with E-state index in [0.29, 0.717) is 5.75 Å². The number of aromatic hydroxyl groups is 1. The molecule has 0 radical (unpaired) electrons. The van der Waals surface area contributed by atoms with Gasteiger partial charge >= 0.3 is 5.97 Å². The number of ether oxygens (including phenoxy) is 1. The van der Waals surface area contributed by atoms with E-state index in [4.69, 9.17) is 9.84 Å². The van der Waals surface area contributed by atoms with Crippen LogP contribution in [0.1, 0.15) is 10.4 Å². The average molecular weight is 218 g/mol. The number of hydrogen-bond donors (Lipinski definition) is 2. The Bertz CT molecular complexity index is 560. The van der Waals surface area contributed by atoms with Crippen molar-refractivity contribution in [1.82, 2.24) is 0 Å². The van der Waals surface area contributed by atoms with E-state index in [1.165, 1.54) is 12.1 Å². The van der Waals surface area contributed by atoms with E-state index < -0.39 is 5.97 Å². The van der Waals surface area contributed by atoms with Gasteiger partial charge in [0.2, 0.25) is 0 Å². The number of aromatic carboxylic acids is 1. The van der Waals surface area contributed by atoms with Gasteiger partial charge in [0.1, 0.15) is 17.1 Å². The van der Waals surface area contributed by atoms with Crippen LogP contribution < -0.4 is 4.74 Å². The lowest BCUT2D eigenvalue weighted by molar-refractivity contribution is 0.0694. The first-order valence-electron chi connectivity index (χ1n) is 4.66. The molecule has 82 valence electrons. The Morgan fingerprint density at radius 3 is 2.56 bits per heavy atom. The predicted molar refractivity (Wildman–Crippen MR) is 59.1 cm³/mol. The van der Waals surface area contributed by atoms with Crippen molar-refractivity contribution in [2.75, 3.05) is 7.11 Å². The van der Waals surface area contributed by atoms with Crippen molar-refractivity contribution >= 4 is 16.7 Å². The molecule has 0 spiro atoms. The van der Waals surface area contributed by atoms with Crippen LogP contribution in [0.4, 0.5) is 0 Å². The number of benzene rings is 2. The van der Waals surface area contributed by atoms with E-state index >= 15 is 0 Å². The molecule has 2 N–H and O–H groups in total. The van der Waals surface area contributed by atoms with Crippen molar-refractivity contribution in [2.45, 2.75) is 0 Å². The lowest BCUT2D eigenvalue weighted by Crippen LogP contribution is -1.96. The molecule has 0 fully saturated rings. The van der Waals surface area contributed by atoms with Crippen LogP contribution in [0.15, 0.2) is 30.3 Å². The second kappa shape index (κ2) is 3.73. The highest BCUT2D eigenvalue weighted by atomic mass is 16.5. The highest BCUT2D eigenvalue weighted by Gasteiger charge is 2.10. The first-order chi connectivity index (χ1) is 7.61. The second-order valence-corrected chi connectivity index (χ2v) is 3.39. The quantitative estimate of drug-likeness (QED) is 0.811. The maximum Gasteiger partial charge on any atom is 0.339 e. The Morgan fingerprint density at radius 1 is 1.19 bits per heavy atom. The third-order valence-corrected chi connectivity index (χ3v) is 2.39. The smallest absolute Gasteiger partial charge is 0.339 e. The van der Waals surface area contributed by atoms with Crippen molar-refractivity contribution in [1.29, 1.82) is 0 Å². The summed E-state index contributed by atoms with van der Waals surface area (Å²) in [4.78, 5) is 10.8. The molecule has 4 nitrogen and oxygen atoms in total. The van der Waals surface area contributed by atoms with Crippen LogP contribution in [-0.4, -0.2) is 23.3 Å². The Morgan fingerprint density at radius 2 is 1.94 bits per heavy atom. The topological polar surface area (TPSA) is 66.8 Å². The molecule has 0 aromatic heterocycles. The molecule has 0 unspecified atom stereocenters. The van der Waals surface area contributed by atoms with Crippen LogP contribution >= 0.6 is 0 Å². The van der Waals surface area contributed by atoms with Gasteiger partial charge in [-0.3, -0.25) is 0 Å². The molecule has 0 aliphatic carbocycles. The SMILES string of the molecule is COc1ccc2cc(O)c(C(=O)O)cc2c1. The summed E-state index contributed by atoms with van der Waals surface area (Å²) < 4.78 is 5.04. The van der Waals surface area contributed by atoms with Gasteiger partial charge in [0, 0.05) is 0 Å². The van der Waals surface area contributed by atoms with Crippen molar-refractivity contribution < 1.29 is 19.7 Å². The zero-order chi connectivity index (χ0) is 11.7. The Labute approximate surface area is 91.7 Å². The minimum Gasteiger partial charge on any atom is -0.507 e. The number of hydrogen-bond acceptors (Lipinski definition) is 3. The number of methoxy groups -OCH3 is 1. The van der Waals surface area contributed by atoms with Gasteiger partial charge in [0.25, 0.3) is 0 Å². The average Bonchev–Trinajstić information content (AvgIpc) is 2.27. The highest BCUT2D eigenvalue weighted by molar-refractivity contribution is 5.97. The van der Waals surface area contributed by atoms with Crippen LogP contribution in [0.5, 0.6) is 11.5 Å². The van der Waals surface area contributed by atoms with Gasteiger partial charge in [0.15, 0.2) is 0 Å². The number of carboxylic acid groups (broad SMARTS) is 1. The maximum atomic E-state index is 10.8. The monoisotopic (exact) mass is 218 g/mol. The maximum absolute atomic E-state index is 10.8. The van der Waals surface area contributed by atoms with Gasteiger partial charge < -0.3 is 14.9 Å². The van der Waals surface area contributed by atoms with Gasteiger partial charge in [-0.2, -0.15) is 0 Å². The number of rotatable bonds is 2. The van der Waals surface area contributed by atoms with Gasteiger partial charge in [-0.25, -0.2) is 4.79 Å². The molecule has 0 amide bonds. The Hall–Kier alpha value is -2.23. The predicted octanol–water partition coefficient (Wildman–Crippen LogP) is 2.25. The molecule has 0 saturated carbocycles. The van der Waals surface area contributed by atoms with Crippen molar-refractivity contribution in [3.8, 4) is 11.5 Å². The van der Waals surface area contributed by atoms with Crippen molar-refractivity contribution in [2.24, 2.45) is 0 Å². The van der Waals surface area contributed by atoms with E-state index in [0.717, 1.165) is 10.8 Å². The molecule has 2 aromatic carbocycles. The first kappa shape index (κ1) is 10.3. The largest absolute Gasteiger partial charge is 0.507 e. The number of carboxylic acids is 1. The fourth-order valence-corrected chi connectivity index (χ4v) is 1.56. The van der Waals surface area contributed by atoms with Crippen LogP contribution in [0, 0.1) is 0 Å². The third-order valence-electron chi connectivity index (χ3n) is 2.39. The van der Waals surface area contributed by atoms with Gasteiger partial charge in [0.05, 0.1) is 7.11 Å². The standard InChI is InChI=1S/C12H10O4/c1-16-9-3-2-7-6-11(13)10(12(14)15)5-8(7)4-9/h2-6,13H,1H3,(H,14,15). The van der Waals surface area contributed by atoms with Gasteiger partial charge in [-0.05, 0) is 35.0 Å². The molecular weight excluding hydrogens is 208 g/mol. The fourth-order valence-electron chi connectivity index (χ4n) is 1.56. The summed E-state index contributed by atoms with van der Waals surface area (Å²) in [7, 11) is 1.54. The summed E-state index contributed by atoms with van der Waals surface area (Å²) in [5, 5.41) is 19.8. The molecule has 4 heteroatoms. The molecule has 2 rings (SSSR count). The normalized spacial score (nSPS) is 10.3. The van der Waals surface area contributed by atoms with Gasteiger partial charge in [-0.1, -0.05) is 6.07 Å². The Balaban J connectivity index is 2.70. The van der Waals surface area contributed by atoms with Crippen LogP contribution in [-0.2, 0) is 0 Å². The van der Waals surface area contributed by atoms with E-state index in [9.17, 15) is 9.90 Å². The van der Waals surface area contributed by atoms with E-state index in [1.807, 2.05) is 0 Å². The zero-order valence-corrected chi connectivity index (χ0v) is 8.60. The van der Waals surface area contributed by atoms with Crippen LogP contribution in [0.25, 0.3) is 10.8 Å². The molecular formula is C12H10O4. The molecule has 0 saturated heterocycles. The van der Waals surface area contributed by atoms with Gasteiger partial charge in [-0.15, -0.1) is 0 Å². The highest BCUT2D eigenvalue weighted by Crippen LogP contribution is 2.27. The molecule has 0 aliphatic rings. The lowest BCUT2D eigenvalue weighted by Gasteiger charge is -2.05. The lowest BCUT2D eigenvalue weighted by atomic mass is 10.1. The van der Waals surface area contributed by atoms with Crippen molar-refractivity contribution in [3.63, 3.8) is 0 Å². The summed E-state index contributed by atoms with van der Waals surface area (Å²) >= 11 is 0. The molecule has 0 heterocycles. The number of carbonyl (C=O) groups is 1. The second-order valence-electron chi connectivity index (χ2n) is 3.39. The van der Waals surface area contributed by atoms with E-state index in [2.05, 4.69) is 0 Å². The molecule has 2 aromatic rings. The van der Waals surface area contributed by atoms with Crippen LogP contribution in [0.2, 0.25) is 0 Å². The minimum absolute atomic E-state index is 0.110. The summed E-state index contributed by atoms with van der Waals surface area (Å²) in [5.74, 6) is -0.734. The molecule has 0 aliphatic heterocycles. The fraction of sp³-hybridized carbons (Fsp3) is 0.0833. The zero-order valence-electron chi connectivity index (χ0n) is 8.60. The molecule has 16 heavy (non-hydrogen) atoms. The minimum atomic E-state index is -1.15. The molecule has 0 atom stereocenters. The summed E-state index contributed by atoms with van der Waals surface area (Å²) in [6.45, 7) is 0. The van der Waals surface area contributed by atoms with Crippen molar-refractivity contribution in [3.05, 3.63) is 35.9 Å². The number of fused-ring (bicyclic) bond motifs is 1. The first-order valence-corrected chi connectivity index (χ1v) is 4.66. The summed E-state index contributed by atoms with van der Waals surface area (Å²) in [6.07, 6.45) is 0. The molecule has 0 bridgehead atoms. The van der Waals surface area contributed by atoms with E-state index in [-0.39, 0.29) is 11.3 Å².